The lowest BCUT2D eigenvalue weighted by Crippen LogP contribution is -2.18. The highest BCUT2D eigenvalue weighted by Crippen LogP contribution is 2.32. The molecule has 0 radical (unpaired) electrons. The maximum Gasteiger partial charge on any atom is 0.513 e. The standard InChI is InChI=1S/C35H45NO5S2/c1-3-5-7-9-11-16-21-28-24-25-31(43-28)33(42)36-30-23-18-22-29(34(37)40-27-19-14-13-15-20-27)32(30)41-35(38)39-26-17-12-10-8-6-4-2/h13-15,18-20,22-25H,3-12,16-17,21,26H2,1-2H3,(H,36,42). The zero-order valence-corrected chi connectivity index (χ0v) is 27.2. The van der Waals surface area contributed by atoms with Crippen LogP contribution in [-0.2, 0) is 11.2 Å². The Bertz CT molecular complexity index is 1270. The van der Waals surface area contributed by atoms with Crippen molar-refractivity contribution in [3.05, 3.63) is 76.0 Å². The topological polar surface area (TPSA) is 73.9 Å². The molecule has 2 aromatic carbocycles. The van der Waals surface area contributed by atoms with Crippen molar-refractivity contribution in [3.8, 4) is 11.5 Å². The molecular weight excluding hydrogens is 579 g/mol. The van der Waals surface area contributed by atoms with Crippen molar-refractivity contribution >= 4 is 46.4 Å². The molecule has 0 fully saturated rings. The maximum absolute atomic E-state index is 13.2. The van der Waals surface area contributed by atoms with Gasteiger partial charge in [-0.1, -0.05) is 115 Å². The summed E-state index contributed by atoms with van der Waals surface area (Å²) < 4.78 is 16.5. The van der Waals surface area contributed by atoms with Crippen LogP contribution in [0.1, 0.15) is 111 Å². The number of thiophene rings is 1. The summed E-state index contributed by atoms with van der Waals surface area (Å²) in [6.45, 7) is 4.66. The minimum atomic E-state index is -0.875. The molecule has 0 aliphatic heterocycles. The number of hydrogen-bond acceptors (Lipinski definition) is 7. The molecule has 1 aromatic heterocycles. The third-order valence-electron chi connectivity index (χ3n) is 7.00. The van der Waals surface area contributed by atoms with E-state index < -0.39 is 12.1 Å². The fourth-order valence-electron chi connectivity index (χ4n) is 4.61. The fraction of sp³-hybridized carbons (Fsp3) is 0.457. The van der Waals surface area contributed by atoms with Crippen LogP contribution in [0.4, 0.5) is 10.5 Å². The molecule has 3 rings (SSSR count). The number of aryl methyl sites for hydroxylation is 1. The molecule has 0 atom stereocenters. The average molecular weight is 624 g/mol. The van der Waals surface area contributed by atoms with Gasteiger partial charge in [-0.2, -0.15) is 0 Å². The molecule has 0 saturated heterocycles. The van der Waals surface area contributed by atoms with Gasteiger partial charge in [-0.25, -0.2) is 9.59 Å². The third-order valence-corrected chi connectivity index (χ3v) is 8.62. The molecule has 0 amide bonds. The second kappa shape index (κ2) is 19.9. The number of nitrogens with one attached hydrogen (secondary N) is 1. The Morgan fingerprint density at radius 1 is 0.744 bits per heavy atom. The van der Waals surface area contributed by atoms with E-state index in [9.17, 15) is 9.59 Å². The summed E-state index contributed by atoms with van der Waals surface area (Å²) in [5, 5.41) is 3.19. The molecule has 6 nitrogen and oxygen atoms in total. The van der Waals surface area contributed by atoms with E-state index in [-0.39, 0.29) is 17.9 Å². The molecule has 8 heteroatoms. The highest BCUT2D eigenvalue weighted by molar-refractivity contribution is 7.81. The van der Waals surface area contributed by atoms with Crippen molar-refractivity contribution in [3.63, 3.8) is 0 Å². The van der Waals surface area contributed by atoms with Gasteiger partial charge < -0.3 is 19.5 Å². The summed E-state index contributed by atoms with van der Waals surface area (Å²) in [5.41, 5.74) is 0.470. The average Bonchev–Trinajstić information content (AvgIpc) is 3.49. The van der Waals surface area contributed by atoms with Crippen LogP contribution < -0.4 is 14.8 Å². The Morgan fingerprint density at radius 3 is 2.14 bits per heavy atom. The van der Waals surface area contributed by atoms with Gasteiger partial charge in [0.1, 0.15) is 16.3 Å². The number of anilines is 1. The second-order valence-electron chi connectivity index (χ2n) is 10.6. The molecule has 0 aliphatic rings. The van der Waals surface area contributed by atoms with E-state index in [1.54, 1.807) is 53.8 Å². The SMILES string of the molecule is CCCCCCCCOC(=O)Oc1c(NC(=S)c2ccc(CCCCCCCC)s2)cccc1C(=O)Oc1ccccc1. The first kappa shape index (κ1) is 34.3. The van der Waals surface area contributed by atoms with Crippen molar-refractivity contribution in [2.75, 3.05) is 11.9 Å². The van der Waals surface area contributed by atoms with E-state index in [0.717, 1.165) is 37.0 Å². The third kappa shape index (κ3) is 12.5. The van der Waals surface area contributed by atoms with Crippen LogP contribution in [0.5, 0.6) is 11.5 Å². The summed E-state index contributed by atoms with van der Waals surface area (Å²) >= 11 is 7.38. The number of para-hydroxylation sites is 2. The number of rotatable bonds is 19. The number of carbonyl (C=O) groups is 2. The lowest BCUT2D eigenvalue weighted by atomic mass is 10.1. The van der Waals surface area contributed by atoms with Crippen molar-refractivity contribution in [1.82, 2.24) is 0 Å². The first-order valence-corrected chi connectivity index (χ1v) is 16.9. The van der Waals surface area contributed by atoms with Crippen molar-refractivity contribution < 1.29 is 23.8 Å². The summed E-state index contributed by atoms with van der Waals surface area (Å²) in [5.74, 6) is -0.256. The Labute approximate surface area is 266 Å². The van der Waals surface area contributed by atoms with Gasteiger partial charge in [0.2, 0.25) is 0 Å². The number of carbonyl (C=O) groups excluding carboxylic acids is 2. The van der Waals surface area contributed by atoms with Gasteiger partial charge in [0.15, 0.2) is 5.75 Å². The number of ether oxygens (including phenoxy) is 3. The van der Waals surface area contributed by atoms with E-state index in [4.69, 9.17) is 26.4 Å². The Hall–Kier alpha value is -3.23. The monoisotopic (exact) mass is 623 g/mol. The van der Waals surface area contributed by atoms with Gasteiger partial charge >= 0.3 is 12.1 Å². The highest BCUT2D eigenvalue weighted by Gasteiger charge is 2.23. The van der Waals surface area contributed by atoms with E-state index in [0.29, 0.717) is 16.4 Å². The van der Waals surface area contributed by atoms with Crippen LogP contribution in [0.3, 0.4) is 0 Å². The van der Waals surface area contributed by atoms with Crippen molar-refractivity contribution in [1.29, 1.82) is 0 Å². The zero-order valence-electron chi connectivity index (χ0n) is 25.5. The Morgan fingerprint density at radius 2 is 1.42 bits per heavy atom. The van der Waals surface area contributed by atoms with Gasteiger partial charge in [0.05, 0.1) is 17.2 Å². The summed E-state index contributed by atoms with van der Waals surface area (Å²) in [7, 11) is 0. The quantitative estimate of drug-likeness (QED) is 0.0468. The predicted molar refractivity (Wildman–Crippen MR) is 180 cm³/mol. The molecule has 3 aromatic rings. The highest BCUT2D eigenvalue weighted by atomic mass is 32.1. The molecular formula is C35H45NO5S2. The number of hydrogen-bond donors (Lipinski definition) is 1. The number of unbranched alkanes of at least 4 members (excludes halogenated alkanes) is 10. The van der Waals surface area contributed by atoms with Gasteiger partial charge in [0, 0.05) is 4.88 Å². The van der Waals surface area contributed by atoms with Gasteiger partial charge in [-0.15, -0.1) is 11.3 Å². The van der Waals surface area contributed by atoms with E-state index in [2.05, 4.69) is 25.2 Å². The largest absolute Gasteiger partial charge is 0.513 e. The lowest BCUT2D eigenvalue weighted by molar-refractivity contribution is 0.0726. The number of benzene rings is 2. The van der Waals surface area contributed by atoms with E-state index in [1.807, 2.05) is 12.1 Å². The van der Waals surface area contributed by atoms with Crippen LogP contribution >= 0.6 is 23.6 Å². The first-order valence-electron chi connectivity index (χ1n) is 15.7. The Kier molecular flexibility index (Phi) is 15.8. The predicted octanol–water partition coefficient (Wildman–Crippen LogP) is 10.5. The van der Waals surface area contributed by atoms with Gasteiger partial charge in [-0.05, 0) is 55.7 Å². The smallest absolute Gasteiger partial charge is 0.434 e. The molecule has 1 N–H and O–H groups in total. The van der Waals surface area contributed by atoms with Crippen LogP contribution in [0, 0.1) is 0 Å². The molecule has 0 aliphatic carbocycles. The summed E-state index contributed by atoms with van der Waals surface area (Å²) in [6, 6.07) is 17.8. The molecule has 232 valence electrons. The molecule has 1 heterocycles. The van der Waals surface area contributed by atoms with Gasteiger partial charge in [0.25, 0.3) is 0 Å². The lowest BCUT2D eigenvalue weighted by Gasteiger charge is -2.15. The van der Waals surface area contributed by atoms with Crippen LogP contribution in [0.2, 0.25) is 0 Å². The normalized spacial score (nSPS) is 10.7. The number of esters is 1. The summed E-state index contributed by atoms with van der Waals surface area (Å²) in [6.07, 6.45) is 14.1. The van der Waals surface area contributed by atoms with Crippen LogP contribution in [0.25, 0.3) is 0 Å². The van der Waals surface area contributed by atoms with E-state index >= 15 is 0 Å². The first-order chi connectivity index (χ1) is 21.0. The van der Waals surface area contributed by atoms with Crippen molar-refractivity contribution in [2.24, 2.45) is 0 Å². The fourth-order valence-corrected chi connectivity index (χ4v) is 5.85. The van der Waals surface area contributed by atoms with Gasteiger partial charge in [-0.3, -0.25) is 0 Å². The number of thiocarbonyl (C=S) groups is 1. The van der Waals surface area contributed by atoms with Crippen LogP contribution in [-0.4, -0.2) is 23.7 Å². The second-order valence-corrected chi connectivity index (χ2v) is 12.2. The minimum Gasteiger partial charge on any atom is -0.434 e. The zero-order chi connectivity index (χ0) is 30.7. The van der Waals surface area contributed by atoms with Crippen LogP contribution in [0.15, 0.2) is 60.7 Å². The molecule has 43 heavy (non-hydrogen) atoms. The maximum atomic E-state index is 13.2. The van der Waals surface area contributed by atoms with Crippen molar-refractivity contribution in [2.45, 2.75) is 97.3 Å². The Balaban J connectivity index is 1.68. The van der Waals surface area contributed by atoms with E-state index in [1.165, 1.54) is 56.2 Å². The minimum absolute atomic E-state index is 0.0163. The molecule has 0 spiro atoms. The molecule has 0 bridgehead atoms. The summed E-state index contributed by atoms with van der Waals surface area (Å²) in [4.78, 5) is 28.6. The molecule has 0 saturated carbocycles. The molecule has 0 unspecified atom stereocenters.